The van der Waals surface area contributed by atoms with Crippen molar-refractivity contribution in [1.29, 1.82) is 0 Å². The number of aryl methyl sites for hydroxylation is 1. The third-order valence-electron chi connectivity index (χ3n) is 2.60. The van der Waals surface area contributed by atoms with Crippen molar-refractivity contribution in [1.82, 2.24) is 4.57 Å². The van der Waals surface area contributed by atoms with E-state index in [2.05, 4.69) is 15.9 Å². The fourth-order valence-corrected chi connectivity index (χ4v) is 2.40. The van der Waals surface area contributed by atoms with E-state index >= 15 is 0 Å². The zero-order chi connectivity index (χ0) is 11.7. The van der Waals surface area contributed by atoms with Crippen LogP contribution in [0.4, 0.5) is 0 Å². The topological polar surface area (TPSA) is 31.2 Å². The number of fused-ring (bicyclic) bond motifs is 1. The lowest BCUT2D eigenvalue weighted by Gasteiger charge is -2.00. The van der Waals surface area contributed by atoms with Gasteiger partial charge in [-0.1, -0.05) is 22.0 Å². The van der Waals surface area contributed by atoms with Gasteiger partial charge >= 0.3 is 5.97 Å². The zero-order valence-corrected chi connectivity index (χ0v) is 10.7. The first-order chi connectivity index (χ1) is 7.69. The number of methoxy groups -OCH3 is 1. The molecule has 0 spiro atoms. The Labute approximate surface area is 102 Å². The van der Waals surface area contributed by atoms with Crippen LogP contribution in [-0.4, -0.2) is 17.6 Å². The third-order valence-corrected chi connectivity index (χ3v) is 3.26. The minimum Gasteiger partial charge on any atom is -0.465 e. The second-order valence-electron chi connectivity index (χ2n) is 3.45. The van der Waals surface area contributed by atoms with Crippen LogP contribution < -0.4 is 0 Å². The maximum Gasteiger partial charge on any atom is 0.340 e. The van der Waals surface area contributed by atoms with Crippen molar-refractivity contribution in [2.24, 2.45) is 0 Å². The van der Waals surface area contributed by atoms with Gasteiger partial charge in [0.1, 0.15) is 0 Å². The summed E-state index contributed by atoms with van der Waals surface area (Å²) in [5, 5.41) is 0.913. The van der Waals surface area contributed by atoms with E-state index in [9.17, 15) is 4.79 Å². The van der Waals surface area contributed by atoms with Crippen LogP contribution in [0.5, 0.6) is 0 Å². The van der Waals surface area contributed by atoms with Crippen LogP contribution >= 0.6 is 15.9 Å². The van der Waals surface area contributed by atoms with E-state index in [0.29, 0.717) is 5.56 Å². The molecule has 0 atom stereocenters. The number of halogens is 1. The molecule has 0 unspecified atom stereocenters. The van der Waals surface area contributed by atoms with E-state index in [-0.39, 0.29) is 5.97 Å². The molecule has 0 aliphatic rings. The molecule has 16 heavy (non-hydrogen) atoms. The van der Waals surface area contributed by atoms with Crippen LogP contribution in [0.2, 0.25) is 0 Å². The molecule has 0 saturated carbocycles. The van der Waals surface area contributed by atoms with Crippen LogP contribution in [0, 0.1) is 0 Å². The molecule has 0 amide bonds. The van der Waals surface area contributed by atoms with Crippen LogP contribution in [0.3, 0.4) is 0 Å². The van der Waals surface area contributed by atoms with Crippen molar-refractivity contribution < 1.29 is 9.53 Å². The van der Waals surface area contributed by atoms with E-state index < -0.39 is 0 Å². The highest BCUT2D eigenvalue weighted by atomic mass is 79.9. The van der Waals surface area contributed by atoms with Crippen molar-refractivity contribution in [3.05, 3.63) is 34.4 Å². The molecule has 1 heterocycles. The molecule has 0 aliphatic heterocycles. The van der Waals surface area contributed by atoms with Gasteiger partial charge in [0.05, 0.1) is 18.2 Å². The van der Waals surface area contributed by atoms with Gasteiger partial charge in [-0.05, 0) is 19.1 Å². The molecule has 0 aliphatic carbocycles. The first kappa shape index (κ1) is 11.2. The van der Waals surface area contributed by atoms with Gasteiger partial charge < -0.3 is 9.30 Å². The summed E-state index contributed by atoms with van der Waals surface area (Å²) >= 11 is 3.47. The standard InChI is InChI=1S/C12H12BrNO2/c1-3-14-7-8(12(15)16-2)11-9(13)5-4-6-10(11)14/h4-7H,3H2,1-2H3. The van der Waals surface area contributed by atoms with Gasteiger partial charge in [0.15, 0.2) is 0 Å². The molecule has 1 aromatic carbocycles. The molecular formula is C12H12BrNO2. The Morgan fingerprint density at radius 3 is 2.88 bits per heavy atom. The second kappa shape index (κ2) is 4.29. The Hall–Kier alpha value is -1.29. The van der Waals surface area contributed by atoms with Crippen molar-refractivity contribution in [2.75, 3.05) is 7.11 Å². The molecule has 0 bridgehead atoms. The average molecular weight is 282 g/mol. The van der Waals surface area contributed by atoms with Crippen LogP contribution in [-0.2, 0) is 11.3 Å². The molecule has 0 saturated heterocycles. The summed E-state index contributed by atoms with van der Waals surface area (Å²) in [4.78, 5) is 11.7. The SMILES string of the molecule is CCn1cc(C(=O)OC)c2c(Br)cccc21. The third kappa shape index (κ3) is 1.63. The highest BCUT2D eigenvalue weighted by Crippen LogP contribution is 2.29. The number of hydrogen-bond acceptors (Lipinski definition) is 2. The van der Waals surface area contributed by atoms with Gasteiger partial charge in [0.2, 0.25) is 0 Å². The summed E-state index contributed by atoms with van der Waals surface area (Å²) < 4.78 is 7.73. The lowest BCUT2D eigenvalue weighted by Crippen LogP contribution is -2.00. The van der Waals surface area contributed by atoms with Gasteiger partial charge in [0.25, 0.3) is 0 Å². The first-order valence-electron chi connectivity index (χ1n) is 5.04. The molecule has 2 aromatic rings. The van der Waals surface area contributed by atoms with Gasteiger partial charge in [-0.15, -0.1) is 0 Å². The van der Waals surface area contributed by atoms with E-state index in [1.807, 2.05) is 35.9 Å². The Morgan fingerprint density at radius 1 is 1.50 bits per heavy atom. The highest BCUT2D eigenvalue weighted by molar-refractivity contribution is 9.10. The van der Waals surface area contributed by atoms with Crippen molar-refractivity contribution in [2.45, 2.75) is 13.5 Å². The molecule has 84 valence electrons. The molecular weight excluding hydrogens is 270 g/mol. The van der Waals surface area contributed by atoms with Crippen LogP contribution in [0.25, 0.3) is 10.9 Å². The highest BCUT2D eigenvalue weighted by Gasteiger charge is 2.16. The minimum atomic E-state index is -0.302. The first-order valence-corrected chi connectivity index (χ1v) is 5.84. The minimum absolute atomic E-state index is 0.302. The summed E-state index contributed by atoms with van der Waals surface area (Å²) in [5.74, 6) is -0.302. The smallest absolute Gasteiger partial charge is 0.340 e. The number of carbonyl (C=O) groups excluding carboxylic acids is 1. The largest absolute Gasteiger partial charge is 0.465 e. The predicted molar refractivity (Wildman–Crippen MR) is 66.7 cm³/mol. The van der Waals surface area contributed by atoms with Crippen molar-refractivity contribution in [3.8, 4) is 0 Å². The summed E-state index contributed by atoms with van der Waals surface area (Å²) in [7, 11) is 1.40. The maximum absolute atomic E-state index is 11.7. The molecule has 0 fully saturated rings. The lowest BCUT2D eigenvalue weighted by atomic mass is 10.2. The number of ether oxygens (including phenoxy) is 1. The van der Waals surface area contributed by atoms with Gasteiger partial charge in [-0.2, -0.15) is 0 Å². The molecule has 0 N–H and O–H groups in total. The lowest BCUT2D eigenvalue weighted by molar-refractivity contribution is 0.0602. The number of carbonyl (C=O) groups is 1. The number of hydrogen-bond donors (Lipinski definition) is 0. The number of aromatic nitrogens is 1. The van der Waals surface area contributed by atoms with Crippen LogP contribution in [0.1, 0.15) is 17.3 Å². The van der Waals surface area contributed by atoms with E-state index in [1.165, 1.54) is 7.11 Å². The summed E-state index contributed by atoms with van der Waals surface area (Å²) in [6.07, 6.45) is 1.83. The van der Waals surface area contributed by atoms with Gasteiger partial charge in [-0.25, -0.2) is 4.79 Å². The average Bonchev–Trinajstić information content (AvgIpc) is 2.68. The zero-order valence-electron chi connectivity index (χ0n) is 9.16. The second-order valence-corrected chi connectivity index (χ2v) is 4.31. The molecule has 3 nitrogen and oxygen atoms in total. The molecule has 0 radical (unpaired) electrons. The number of rotatable bonds is 2. The van der Waals surface area contributed by atoms with Crippen molar-refractivity contribution >= 4 is 32.8 Å². The molecule has 1 aromatic heterocycles. The van der Waals surface area contributed by atoms with E-state index in [4.69, 9.17) is 4.74 Å². The normalized spacial score (nSPS) is 10.7. The quantitative estimate of drug-likeness (QED) is 0.792. The maximum atomic E-state index is 11.7. The van der Waals surface area contributed by atoms with E-state index in [1.54, 1.807) is 0 Å². The number of esters is 1. The summed E-state index contributed by atoms with van der Waals surface area (Å²) in [5.41, 5.74) is 1.64. The Morgan fingerprint density at radius 2 is 2.25 bits per heavy atom. The Kier molecular flexibility index (Phi) is 3.01. The Balaban J connectivity index is 2.79. The van der Waals surface area contributed by atoms with Crippen molar-refractivity contribution in [3.63, 3.8) is 0 Å². The predicted octanol–water partition coefficient (Wildman–Crippen LogP) is 3.21. The monoisotopic (exact) mass is 281 g/mol. The molecule has 4 heteroatoms. The van der Waals surface area contributed by atoms with Gasteiger partial charge in [-0.3, -0.25) is 0 Å². The summed E-state index contributed by atoms with van der Waals surface area (Å²) in [6.45, 7) is 2.87. The summed E-state index contributed by atoms with van der Waals surface area (Å²) in [6, 6.07) is 5.88. The van der Waals surface area contributed by atoms with E-state index in [0.717, 1.165) is 21.9 Å². The fraction of sp³-hybridized carbons (Fsp3) is 0.250. The number of nitrogens with zero attached hydrogens (tertiary/aromatic N) is 1. The number of benzene rings is 1. The molecule has 2 rings (SSSR count). The van der Waals surface area contributed by atoms with Gasteiger partial charge in [0, 0.05) is 22.6 Å². The fourth-order valence-electron chi connectivity index (χ4n) is 1.84. The Bertz CT molecular complexity index is 545. The van der Waals surface area contributed by atoms with Crippen LogP contribution in [0.15, 0.2) is 28.9 Å².